The van der Waals surface area contributed by atoms with Crippen LogP contribution in [0.2, 0.25) is 0 Å². The van der Waals surface area contributed by atoms with E-state index in [0.717, 1.165) is 37.9 Å². The molecular weight excluding hydrogens is 291 g/mol. The zero-order valence-corrected chi connectivity index (χ0v) is 14.5. The van der Waals surface area contributed by atoms with E-state index in [9.17, 15) is 9.18 Å². The van der Waals surface area contributed by atoms with Crippen molar-refractivity contribution < 1.29 is 9.18 Å². The Bertz CT molecular complexity index is 493. The van der Waals surface area contributed by atoms with Crippen molar-refractivity contribution in [3.63, 3.8) is 0 Å². The Kier molecular flexibility index (Phi) is 6.58. The highest BCUT2D eigenvalue weighted by Gasteiger charge is 2.23. The van der Waals surface area contributed by atoms with Gasteiger partial charge in [-0.25, -0.2) is 4.39 Å². The number of rotatable bonds is 6. The van der Waals surface area contributed by atoms with Crippen LogP contribution in [0.5, 0.6) is 0 Å². The first-order chi connectivity index (χ1) is 11.0. The van der Waals surface area contributed by atoms with Crippen molar-refractivity contribution in [1.29, 1.82) is 0 Å². The van der Waals surface area contributed by atoms with Gasteiger partial charge in [-0.3, -0.25) is 4.79 Å². The fraction of sp³-hybridized carbons (Fsp3) is 0.632. The van der Waals surface area contributed by atoms with Gasteiger partial charge in [-0.1, -0.05) is 19.1 Å². The second-order valence-corrected chi connectivity index (χ2v) is 6.86. The summed E-state index contributed by atoms with van der Waals surface area (Å²) < 4.78 is 13.0. The number of nitrogens with one attached hydrogen (secondary N) is 1. The smallest absolute Gasteiger partial charge is 0.220 e. The average molecular weight is 320 g/mol. The van der Waals surface area contributed by atoms with Crippen molar-refractivity contribution in [2.24, 2.45) is 5.92 Å². The van der Waals surface area contributed by atoms with Gasteiger partial charge in [-0.2, -0.15) is 0 Å². The lowest BCUT2D eigenvalue weighted by atomic mass is 9.92. The normalized spacial score (nSPS) is 18.1. The van der Waals surface area contributed by atoms with Crippen LogP contribution in [0.15, 0.2) is 24.3 Å². The molecule has 1 heterocycles. The van der Waals surface area contributed by atoms with Crippen molar-refractivity contribution in [3.05, 3.63) is 35.6 Å². The molecule has 0 bridgehead atoms. The molecule has 1 N–H and O–H groups in total. The van der Waals surface area contributed by atoms with Gasteiger partial charge < -0.3 is 10.2 Å². The number of carbonyl (C=O) groups is 1. The van der Waals surface area contributed by atoms with E-state index in [0.29, 0.717) is 18.4 Å². The Morgan fingerprint density at radius 3 is 2.39 bits per heavy atom. The van der Waals surface area contributed by atoms with Crippen molar-refractivity contribution in [2.75, 3.05) is 13.1 Å². The standard InChI is InChI=1S/C19H29FN2O/c1-4-18(16-5-7-17(20)8-6-16)21-19(23)13-15-9-11-22(12-10-15)14(2)3/h5-8,14-15,18H,4,9-13H2,1-3H3,(H,21,23)/t18-/m0/s1. The van der Waals surface area contributed by atoms with Gasteiger partial charge in [0.15, 0.2) is 0 Å². The summed E-state index contributed by atoms with van der Waals surface area (Å²) in [5.74, 6) is 0.353. The van der Waals surface area contributed by atoms with Crippen LogP contribution in [-0.2, 0) is 4.79 Å². The molecule has 1 fully saturated rings. The van der Waals surface area contributed by atoms with E-state index < -0.39 is 0 Å². The molecule has 1 aliphatic heterocycles. The maximum absolute atomic E-state index is 13.0. The molecule has 0 spiro atoms. The van der Waals surface area contributed by atoms with Crippen molar-refractivity contribution in [1.82, 2.24) is 10.2 Å². The van der Waals surface area contributed by atoms with Crippen LogP contribution in [-0.4, -0.2) is 29.9 Å². The minimum Gasteiger partial charge on any atom is -0.349 e. The Balaban J connectivity index is 1.82. The van der Waals surface area contributed by atoms with Gasteiger partial charge in [0.25, 0.3) is 0 Å². The highest BCUT2D eigenvalue weighted by atomic mass is 19.1. The fourth-order valence-electron chi connectivity index (χ4n) is 3.31. The molecule has 1 aromatic carbocycles. The van der Waals surface area contributed by atoms with Crippen LogP contribution >= 0.6 is 0 Å². The SMILES string of the molecule is CC[C@H](NC(=O)CC1CCN(C(C)C)CC1)c1ccc(F)cc1. The van der Waals surface area contributed by atoms with Gasteiger partial charge in [-0.15, -0.1) is 0 Å². The third kappa shape index (κ3) is 5.31. The monoisotopic (exact) mass is 320 g/mol. The first kappa shape index (κ1) is 17.9. The van der Waals surface area contributed by atoms with E-state index in [2.05, 4.69) is 24.1 Å². The van der Waals surface area contributed by atoms with Crippen LogP contribution in [0, 0.1) is 11.7 Å². The summed E-state index contributed by atoms with van der Waals surface area (Å²) >= 11 is 0. The number of hydrogen-bond acceptors (Lipinski definition) is 2. The molecule has 1 aliphatic rings. The number of likely N-dealkylation sites (tertiary alicyclic amines) is 1. The van der Waals surface area contributed by atoms with Crippen LogP contribution < -0.4 is 5.32 Å². The molecule has 0 aromatic heterocycles. The van der Waals surface area contributed by atoms with E-state index in [4.69, 9.17) is 0 Å². The van der Waals surface area contributed by atoms with Gasteiger partial charge in [0.2, 0.25) is 5.91 Å². The fourth-order valence-corrected chi connectivity index (χ4v) is 3.31. The summed E-state index contributed by atoms with van der Waals surface area (Å²) in [5.41, 5.74) is 0.969. The van der Waals surface area contributed by atoms with Crippen molar-refractivity contribution in [3.8, 4) is 0 Å². The Morgan fingerprint density at radius 1 is 1.26 bits per heavy atom. The second kappa shape index (κ2) is 8.44. The zero-order valence-electron chi connectivity index (χ0n) is 14.5. The molecule has 0 unspecified atom stereocenters. The van der Waals surface area contributed by atoms with Gasteiger partial charge in [0.05, 0.1) is 6.04 Å². The first-order valence-electron chi connectivity index (χ1n) is 8.78. The number of benzene rings is 1. The number of nitrogens with zero attached hydrogens (tertiary/aromatic N) is 1. The van der Waals surface area contributed by atoms with Crippen LogP contribution in [0.3, 0.4) is 0 Å². The molecule has 0 radical (unpaired) electrons. The summed E-state index contributed by atoms with van der Waals surface area (Å²) in [5, 5.41) is 3.11. The Hall–Kier alpha value is -1.42. The van der Waals surface area contributed by atoms with E-state index >= 15 is 0 Å². The second-order valence-electron chi connectivity index (χ2n) is 6.86. The first-order valence-corrected chi connectivity index (χ1v) is 8.78. The summed E-state index contributed by atoms with van der Waals surface area (Å²) in [6.07, 6.45) is 3.60. The minimum atomic E-state index is -0.244. The van der Waals surface area contributed by atoms with E-state index in [1.54, 1.807) is 12.1 Å². The molecule has 0 saturated carbocycles. The van der Waals surface area contributed by atoms with Gasteiger partial charge in [0.1, 0.15) is 5.82 Å². The van der Waals surface area contributed by atoms with Gasteiger partial charge in [0, 0.05) is 12.5 Å². The number of piperidine rings is 1. The molecule has 2 rings (SSSR count). The summed E-state index contributed by atoms with van der Waals surface area (Å²) in [4.78, 5) is 14.8. The number of carbonyl (C=O) groups excluding carboxylic acids is 1. The summed E-state index contributed by atoms with van der Waals surface area (Å²) in [6, 6.07) is 6.97. The molecule has 1 aromatic rings. The topological polar surface area (TPSA) is 32.3 Å². The van der Waals surface area contributed by atoms with Crippen LogP contribution in [0.4, 0.5) is 4.39 Å². The number of hydrogen-bond donors (Lipinski definition) is 1. The lowest BCUT2D eigenvalue weighted by Gasteiger charge is -2.34. The van der Waals surface area contributed by atoms with Crippen LogP contribution in [0.1, 0.15) is 58.1 Å². The average Bonchev–Trinajstić information content (AvgIpc) is 2.54. The largest absolute Gasteiger partial charge is 0.349 e. The predicted molar refractivity (Wildman–Crippen MR) is 91.6 cm³/mol. The Morgan fingerprint density at radius 2 is 1.87 bits per heavy atom. The molecule has 128 valence electrons. The summed E-state index contributed by atoms with van der Waals surface area (Å²) in [6.45, 7) is 8.66. The molecular formula is C19H29FN2O. The van der Waals surface area contributed by atoms with E-state index in [1.807, 2.05) is 6.92 Å². The molecule has 1 amide bonds. The molecule has 4 heteroatoms. The molecule has 1 atom stereocenters. The van der Waals surface area contributed by atoms with Crippen molar-refractivity contribution >= 4 is 5.91 Å². The third-order valence-corrected chi connectivity index (χ3v) is 4.87. The van der Waals surface area contributed by atoms with Gasteiger partial charge in [-0.05, 0) is 69.8 Å². The van der Waals surface area contributed by atoms with E-state index in [-0.39, 0.29) is 17.8 Å². The zero-order chi connectivity index (χ0) is 16.8. The molecule has 23 heavy (non-hydrogen) atoms. The molecule has 3 nitrogen and oxygen atoms in total. The molecule has 0 aliphatic carbocycles. The van der Waals surface area contributed by atoms with Crippen molar-refractivity contribution in [2.45, 2.75) is 58.5 Å². The lowest BCUT2D eigenvalue weighted by molar-refractivity contribution is -0.123. The van der Waals surface area contributed by atoms with Crippen LogP contribution in [0.25, 0.3) is 0 Å². The highest BCUT2D eigenvalue weighted by molar-refractivity contribution is 5.76. The maximum atomic E-state index is 13.0. The van der Waals surface area contributed by atoms with Gasteiger partial charge >= 0.3 is 0 Å². The third-order valence-electron chi connectivity index (χ3n) is 4.87. The number of halogens is 1. The highest BCUT2D eigenvalue weighted by Crippen LogP contribution is 2.23. The van der Waals surface area contributed by atoms with E-state index in [1.165, 1.54) is 12.1 Å². The number of amides is 1. The lowest BCUT2D eigenvalue weighted by Crippen LogP contribution is -2.40. The molecule has 1 saturated heterocycles. The predicted octanol–water partition coefficient (Wildman–Crippen LogP) is 3.90. The minimum absolute atomic E-state index is 0.0288. The maximum Gasteiger partial charge on any atom is 0.220 e. The summed E-state index contributed by atoms with van der Waals surface area (Å²) in [7, 11) is 0. The Labute approximate surface area is 139 Å². The quantitative estimate of drug-likeness (QED) is 0.862.